The Morgan fingerprint density at radius 2 is 2.10 bits per heavy atom. The lowest BCUT2D eigenvalue weighted by Crippen LogP contribution is -2.16. The van der Waals surface area contributed by atoms with Crippen LogP contribution in [-0.4, -0.2) is 23.9 Å². The highest BCUT2D eigenvalue weighted by atomic mass is 35.5. The normalized spacial score (nSPS) is 10.0. The zero-order valence-corrected chi connectivity index (χ0v) is 12.4. The van der Waals surface area contributed by atoms with Crippen molar-refractivity contribution in [1.29, 1.82) is 0 Å². The number of nitrogens with one attached hydrogen (secondary N) is 1. The van der Waals surface area contributed by atoms with Gasteiger partial charge in [-0.25, -0.2) is 4.79 Å². The number of rotatable bonds is 6. The van der Waals surface area contributed by atoms with Gasteiger partial charge < -0.3 is 10.1 Å². The highest BCUT2D eigenvalue weighted by Crippen LogP contribution is 2.33. The molecule has 0 aliphatic carbocycles. The summed E-state index contributed by atoms with van der Waals surface area (Å²) in [5.74, 6) is -1.22. The number of anilines is 1. The number of nitro groups is 1. The van der Waals surface area contributed by atoms with Gasteiger partial charge in [0.25, 0.3) is 5.69 Å². The molecular weight excluding hydrogens is 300 g/mol. The second-order valence-electron chi connectivity index (χ2n) is 4.25. The van der Waals surface area contributed by atoms with Crippen molar-refractivity contribution in [1.82, 2.24) is 0 Å². The summed E-state index contributed by atoms with van der Waals surface area (Å²) in [5, 5.41) is 13.5. The minimum Gasteiger partial charge on any atom is -0.465 e. The Hall–Kier alpha value is -2.15. The number of methoxy groups -OCH3 is 1. The van der Waals surface area contributed by atoms with E-state index in [1.807, 2.05) is 6.92 Å². The highest BCUT2D eigenvalue weighted by molar-refractivity contribution is 6.31. The Kier molecular flexibility index (Phi) is 6.10. The maximum absolute atomic E-state index is 11.8. The van der Waals surface area contributed by atoms with Crippen molar-refractivity contribution < 1.29 is 19.2 Å². The minimum atomic E-state index is -0.814. The zero-order chi connectivity index (χ0) is 16.0. The van der Waals surface area contributed by atoms with Crippen molar-refractivity contribution in [2.45, 2.75) is 26.2 Å². The summed E-state index contributed by atoms with van der Waals surface area (Å²) in [4.78, 5) is 33.8. The van der Waals surface area contributed by atoms with Crippen LogP contribution in [0.1, 0.15) is 36.5 Å². The van der Waals surface area contributed by atoms with E-state index in [-0.39, 0.29) is 22.7 Å². The van der Waals surface area contributed by atoms with Crippen LogP contribution in [0.3, 0.4) is 0 Å². The fourth-order valence-electron chi connectivity index (χ4n) is 1.68. The Morgan fingerprint density at radius 3 is 2.62 bits per heavy atom. The van der Waals surface area contributed by atoms with E-state index in [9.17, 15) is 19.7 Å². The zero-order valence-electron chi connectivity index (χ0n) is 11.6. The van der Waals surface area contributed by atoms with Crippen molar-refractivity contribution in [3.8, 4) is 0 Å². The summed E-state index contributed by atoms with van der Waals surface area (Å²) >= 11 is 5.76. The van der Waals surface area contributed by atoms with Gasteiger partial charge in [0.1, 0.15) is 5.69 Å². The van der Waals surface area contributed by atoms with E-state index in [1.165, 1.54) is 6.07 Å². The van der Waals surface area contributed by atoms with Crippen molar-refractivity contribution in [3.05, 3.63) is 32.8 Å². The molecule has 0 bridgehead atoms. The van der Waals surface area contributed by atoms with Crippen molar-refractivity contribution in [2.24, 2.45) is 0 Å². The standard InChI is InChI=1S/C13H15ClN2O5/c1-3-4-5-11(17)15-12-9(13(18)21-2)6-8(14)7-10(12)16(19)20/h6-7H,3-5H2,1-2H3,(H,15,17). The first kappa shape index (κ1) is 16.9. The van der Waals surface area contributed by atoms with Crippen LogP contribution in [0.4, 0.5) is 11.4 Å². The number of nitro benzene ring substituents is 1. The molecule has 1 aromatic carbocycles. The number of hydrogen-bond donors (Lipinski definition) is 1. The van der Waals surface area contributed by atoms with E-state index < -0.39 is 22.5 Å². The van der Waals surface area contributed by atoms with Gasteiger partial charge in [-0.2, -0.15) is 0 Å². The molecular formula is C13H15ClN2O5. The highest BCUT2D eigenvalue weighted by Gasteiger charge is 2.25. The Balaban J connectivity index is 3.27. The predicted octanol–water partition coefficient (Wildman–Crippen LogP) is 3.16. The molecule has 114 valence electrons. The third-order valence-corrected chi connectivity index (χ3v) is 2.92. The topological polar surface area (TPSA) is 98.5 Å². The molecule has 1 rings (SSSR count). The Labute approximate surface area is 126 Å². The van der Waals surface area contributed by atoms with Gasteiger partial charge >= 0.3 is 5.97 Å². The number of carbonyl (C=O) groups is 2. The molecule has 0 saturated carbocycles. The van der Waals surface area contributed by atoms with E-state index in [4.69, 9.17) is 11.6 Å². The predicted molar refractivity (Wildman–Crippen MR) is 77.6 cm³/mol. The molecule has 0 aliphatic heterocycles. The molecule has 1 amide bonds. The van der Waals surface area contributed by atoms with Gasteiger partial charge in [0, 0.05) is 17.5 Å². The number of halogens is 1. The van der Waals surface area contributed by atoms with Crippen molar-refractivity contribution in [2.75, 3.05) is 12.4 Å². The Bertz CT molecular complexity index is 574. The second kappa shape index (κ2) is 7.58. The second-order valence-corrected chi connectivity index (χ2v) is 4.68. The number of nitrogens with zero attached hydrogens (tertiary/aromatic N) is 1. The third kappa shape index (κ3) is 4.42. The van der Waals surface area contributed by atoms with Crippen LogP contribution in [0.15, 0.2) is 12.1 Å². The maximum atomic E-state index is 11.8. The van der Waals surface area contributed by atoms with E-state index in [0.29, 0.717) is 6.42 Å². The fourth-order valence-corrected chi connectivity index (χ4v) is 1.89. The van der Waals surface area contributed by atoms with E-state index in [0.717, 1.165) is 19.6 Å². The molecule has 0 saturated heterocycles. The summed E-state index contributed by atoms with van der Waals surface area (Å²) < 4.78 is 4.56. The monoisotopic (exact) mass is 314 g/mol. The summed E-state index contributed by atoms with van der Waals surface area (Å²) in [6.45, 7) is 1.91. The molecule has 7 nitrogen and oxygen atoms in total. The number of esters is 1. The number of hydrogen-bond acceptors (Lipinski definition) is 5. The van der Waals surface area contributed by atoms with Gasteiger partial charge in [0.05, 0.1) is 17.6 Å². The molecule has 0 atom stereocenters. The average Bonchev–Trinajstić information content (AvgIpc) is 2.45. The fraction of sp³-hybridized carbons (Fsp3) is 0.385. The molecule has 0 aliphatic rings. The maximum Gasteiger partial charge on any atom is 0.340 e. The summed E-state index contributed by atoms with van der Waals surface area (Å²) in [5.41, 5.74) is -0.799. The summed E-state index contributed by atoms with van der Waals surface area (Å²) in [6.07, 6.45) is 1.65. The van der Waals surface area contributed by atoms with Gasteiger partial charge in [0.15, 0.2) is 0 Å². The minimum absolute atomic E-state index is 0.00802. The number of unbranched alkanes of at least 4 members (excludes halogenated alkanes) is 1. The van der Waals surface area contributed by atoms with E-state index >= 15 is 0 Å². The van der Waals surface area contributed by atoms with Gasteiger partial charge in [-0.05, 0) is 12.5 Å². The molecule has 8 heteroatoms. The first-order valence-electron chi connectivity index (χ1n) is 6.26. The quantitative estimate of drug-likeness (QED) is 0.494. The van der Waals surface area contributed by atoms with Crippen LogP contribution in [-0.2, 0) is 9.53 Å². The van der Waals surface area contributed by atoms with Gasteiger partial charge in [-0.15, -0.1) is 0 Å². The van der Waals surface area contributed by atoms with Crippen LogP contribution >= 0.6 is 11.6 Å². The van der Waals surface area contributed by atoms with Crippen LogP contribution in [0.5, 0.6) is 0 Å². The first-order valence-corrected chi connectivity index (χ1v) is 6.64. The number of amides is 1. The van der Waals surface area contributed by atoms with Gasteiger partial charge in [0.2, 0.25) is 5.91 Å². The summed E-state index contributed by atoms with van der Waals surface area (Å²) in [7, 11) is 1.14. The third-order valence-electron chi connectivity index (χ3n) is 2.71. The van der Waals surface area contributed by atoms with Gasteiger partial charge in [-0.1, -0.05) is 24.9 Å². The van der Waals surface area contributed by atoms with Crippen molar-refractivity contribution in [3.63, 3.8) is 0 Å². The van der Waals surface area contributed by atoms with Gasteiger partial charge in [-0.3, -0.25) is 14.9 Å². The average molecular weight is 315 g/mol. The lowest BCUT2D eigenvalue weighted by atomic mass is 10.1. The number of carbonyl (C=O) groups excluding carboxylic acids is 2. The SMILES string of the molecule is CCCCC(=O)Nc1c(C(=O)OC)cc(Cl)cc1[N+](=O)[O-]. The molecule has 0 radical (unpaired) electrons. The molecule has 0 spiro atoms. The first-order chi connectivity index (χ1) is 9.90. The molecule has 21 heavy (non-hydrogen) atoms. The molecule has 0 fully saturated rings. The smallest absolute Gasteiger partial charge is 0.340 e. The largest absolute Gasteiger partial charge is 0.465 e. The van der Waals surface area contributed by atoms with Crippen molar-refractivity contribution >= 4 is 34.9 Å². The Morgan fingerprint density at radius 1 is 1.43 bits per heavy atom. The van der Waals surface area contributed by atoms with Crippen LogP contribution in [0.25, 0.3) is 0 Å². The van der Waals surface area contributed by atoms with E-state index in [2.05, 4.69) is 10.1 Å². The number of ether oxygens (including phenoxy) is 1. The molecule has 0 aromatic heterocycles. The molecule has 0 unspecified atom stereocenters. The molecule has 0 heterocycles. The number of benzene rings is 1. The lowest BCUT2D eigenvalue weighted by molar-refractivity contribution is -0.383. The van der Waals surface area contributed by atoms with Crippen LogP contribution < -0.4 is 5.32 Å². The lowest BCUT2D eigenvalue weighted by Gasteiger charge is -2.10. The molecule has 1 N–H and O–H groups in total. The summed E-state index contributed by atoms with van der Waals surface area (Å²) in [6, 6.07) is 2.29. The van der Waals surface area contributed by atoms with Crippen LogP contribution in [0, 0.1) is 10.1 Å². The van der Waals surface area contributed by atoms with Crippen LogP contribution in [0.2, 0.25) is 5.02 Å². The van der Waals surface area contributed by atoms with E-state index in [1.54, 1.807) is 0 Å². The molecule has 1 aromatic rings.